The van der Waals surface area contributed by atoms with Crippen LogP contribution in [0.15, 0.2) is 24.3 Å². The van der Waals surface area contributed by atoms with Crippen molar-refractivity contribution in [3.8, 4) is 5.75 Å². The molecule has 1 aromatic rings. The van der Waals surface area contributed by atoms with Crippen molar-refractivity contribution in [3.63, 3.8) is 0 Å². The summed E-state index contributed by atoms with van der Waals surface area (Å²) in [5.74, 6) is 1.13. The van der Waals surface area contributed by atoms with E-state index in [1.165, 1.54) is 0 Å². The number of hydrogen-bond acceptors (Lipinski definition) is 2. The van der Waals surface area contributed by atoms with Crippen molar-refractivity contribution >= 4 is 17.5 Å². The largest absolute Gasteiger partial charge is 0.494 e. The summed E-state index contributed by atoms with van der Waals surface area (Å²) >= 11 is 5.87. The zero-order chi connectivity index (χ0) is 13.8. The van der Waals surface area contributed by atoms with Gasteiger partial charge in [0, 0.05) is 18.5 Å². The molecule has 0 radical (unpaired) electrons. The van der Waals surface area contributed by atoms with E-state index in [2.05, 4.69) is 0 Å². The zero-order valence-corrected chi connectivity index (χ0v) is 12.1. The van der Waals surface area contributed by atoms with Crippen LogP contribution in [-0.2, 0) is 0 Å². The minimum absolute atomic E-state index is 0.0382. The monoisotopic (exact) mass is 269 g/mol. The lowest BCUT2D eigenvalue weighted by atomic mass is 10.0. The third-order valence-electron chi connectivity index (χ3n) is 2.95. The van der Waals surface area contributed by atoms with E-state index in [1.54, 1.807) is 36.2 Å². The van der Waals surface area contributed by atoms with Gasteiger partial charge in [0.2, 0.25) is 0 Å². The summed E-state index contributed by atoms with van der Waals surface area (Å²) in [6.07, 6.45) is 0. The maximum absolute atomic E-state index is 12.2. The Morgan fingerprint density at radius 3 is 2.33 bits per heavy atom. The molecule has 0 heterocycles. The third kappa shape index (κ3) is 3.39. The lowest BCUT2D eigenvalue weighted by molar-refractivity contribution is 0.0660. The first-order chi connectivity index (χ1) is 8.42. The maximum Gasteiger partial charge on any atom is 0.254 e. The Morgan fingerprint density at radius 2 is 1.89 bits per heavy atom. The second kappa shape index (κ2) is 6.10. The SMILES string of the molecule is CCOc1ccc(C(=O)N(C)C(C)(C)CCl)cc1. The number of hydrogen-bond donors (Lipinski definition) is 0. The van der Waals surface area contributed by atoms with Gasteiger partial charge in [0.1, 0.15) is 5.75 Å². The van der Waals surface area contributed by atoms with E-state index in [9.17, 15) is 4.79 Å². The molecular weight excluding hydrogens is 250 g/mol. The van der Waals surface area contributed by atoms with Crippen molar-refractivity contribution in [1.29, 1.82) is 0 Å². The summed E-state index contributed by atoms with van der Waals surface area (Å²) in [7, 11) is 1.77. The number of ether oxygens (including phenoxy) is 1. The number of benzene rings is 1. The lowest BCUT2D eigenvalue weighted by Gasteiger charge is -2.34. The average molecular weight is 270 g/mol. The molecule has 0 saturated heterocycles. The Bertz CT molecular complexity index is 401. The minimum Gasteiger partial charge on any atom is -0.494 e. The number of halogens is 1. The first-order valence-corrected chi connectivity index (χ1v) is 6.53. The molecule has 0 aliphatic heterocycles. The first-order valence-electron chi connectivity index (χ1n) is 5.99. The van der Waals surface area contributed by atoms with Crippen LogP contribution in [0.25, 0.3) is 0 Å². The second-order valence-electron chi connectivity index (χ2n) is 4.77. The van der Waals surface area contributed by atoms with E-state index in [-0.39, 0.29) is 11.4 Å². The van der Waals surface area contributed by atoms with Gasteiger partial charge in [0.05, 0.1) is 12.1 Å². The van der Waals surface area contributed by atoms with Crippen LogP contribution < -0.4 is 4.74 Å². The quantitative estimate of drug-likeness (QED) is 0.769. The van der Waals surface area contributed by atoms with Crippen LogP contribution in [0.2, 0.25) is 0 Å². The Labute approximate surface area is 114 Å². The summed E-state index contributed by atoms with van der Waals surface area (Å²) < 4.78 is 5.34. The van der Waals surface area contributed by atoms with Gasteiger partial charge in [-0.1, -0.05) is 0 Å². The van der Waals surface area contributed by atoms with Crippen molar-refractivity contribution in [3.05, 3.63) is 29.8 Å². The third-order valence-corrected chi connectivity index (χ3v) is 3.61. The van der Waals surface area contributed by atoms with E-state index >= 15 is 0 Å². The summed E-state index contributed by atoms with van der Waals surface area (Å²) in [5.41, 5.74) is 0.274. The van der Waals surface area contributed by atoms with Gasteiger partial charge in [-0.3, -0.25) is 4.79 Å². The summed E-state index contributed by atoms with van der Waals surface area (Å²) in [6, 6.07) is 7.15. The molecule has 0 saturated carbocycles. The first kappa shape index (κ1) is 14.8. The molecule has 1 rings (SSSR count). The Balaban J connectivity index is 2.84. The Morgan fingerprint density at radius 1 is 1.33 bits per heavy atom. The normalized spacial score (nSPS) is 11.2. The van der Waals surface area contributed by atoms with Crippen molar-refractivity contribution in [2.75, 3.05) is 19.5 Å². The summed E-state index contributed by atoms with van der Waals surface area (Å²) in [6.45, 7) is 6.42. The molecule has 1 aromatic carbocycles. The Kier molecular flexibility index (Phi) is 5.03. The number of nitrogens with zero attached hydrogens (tertiary/aromatic N) is 1. The molecule has 100 valence electrons. The number of amides is 1. The fourth-order valence-electron chi connectivity index (χ4n) is 1.42. The molecule has 1 amide bonds. The van der Waals surface area contributed by atoms with Crippen molar-refractivity contribution in [1.82, 2.24) is 4.90 Å². The lowest BCUT2D eigenvalue weighted by Crippen LogP contribution is -2.46. The van der Waals surface area contributed by atoms with Crippen LogP contribution in [0, 0.1) is 0 Å². The van der Waals surface area contributed by atoms with Gasteiger partial charge < -0.3 is 9.64 Å². The van der Waals surface area contributed by atoms with Gasteiger partial charge in [0.15, 0.2) is 0 Å². The molecule has 0 unspecified atom stereocenters. The summed E-state index contributed by atoms with van der Waals surface area (Å²) in [4.78, 5) is 13.9. The van der Waals surface area contributed by atoms with E-state index < -0.39 is 0 Å². The van der Waals surface area contributed by atoms with Crippen LogP contribution in [0.5, 0.6) is 5.75 Å². The molecule has 4 heteroatoms. The van der Waals surface area contributed by atoms with Crippen molar-refractivity contribution in [2.45, 2.75) is 26.3 Å². The average Bonchev–Trinajstić information content (AvgIpc) is 2.38. The number of alkyl halides is 1. The topological polar surface area (TPSA) is 29.5 Å². The fourth-order valence-corrected chi connectivity index (χ4v) is 1.60. The zero-order valence-electron chi connectivity index (χ0n) is 11.4. The van der Waals surface area contributed by atoms with Crippen LogP contribution in [0.1, 0.15) is 31.1 Å². The van der Waals surface area contributed by atoms with Crippen LogP contribution in [0.3, 0.4) is 0 Å². The van der Waals surface area contributed by atoms with Crippen LogP contribution in [0.4, 0.5) is 0 Å². The molecule has 0 aromatic heterocycles. The predicted molar refractivity (Wildman–Crippen MR) is 74.5 cm³/mol. The number of rotatable bonds is 5. The van der Waals surface area contributed by atoms with Gasteiger partial charge >= 0.3 is 0 Å². The molecule has 18 heavy (non-hydrogen) atoms. The number of carbonyl (C=O) groups is 1. The smallest absolute Gasteiger partial charge is 0.254 e. The molecule has 0 spiro atoms. The highest BCUT2D eigenvalue weighted by molar-refractivity contribution is 6.18. The highest BCUT2D eigenvalue weighted by Gasteiger charge is 2.27. The minimum atomic E-state index is -0.364. The standard InChI is InChI=1S/C14H20ClNO2/c1-5-18-12-8-6-11(7-9-12)13(17)16(4)14(2,3)10-15/h6-9H,5,10H2,1-4H3. The summed E-state index contributed by atoms with van der Waals surface area (Å²) in [5, 5.41) is 0. The van der Waals surface area contributed by atoms with Gasteiger partial charge in [-0.05, 0) is 45.0 Å². The van der Waals surface area contributed by atoms with E-state index in [0.29, 0.717) is 18.1 Å². The maximum atomic E-state index is 12.2. The molecule has 0 aliphatic carbocycles. The van der Waals surface area contributed by atoms with Gasteiger partial charge in [-0.15, -0.1) is 11.6 Å². The molecule has 0 atom stereocenters. The number of carbonyl (C=O) groups excluding carboxylic acids is 1. The van der Waals surface area contributed by atoms with E-state index in [0.717, 1.165) is 5.75 Å². The molecule has 0 aliphatic rings. The van der Waals surface area contributed by atoms with E-state index in [4.69, 9.17) is 16.3 Å². The van der Waals surface area contributed by atoms with Crippen molar-refractivity contribution in [2.24, 2.45) is 0 Å². The highest BCUT2D eigenvalue weighted by Crippen LogP contribution is 2.19. The van der Waals surface area contributed by atoms with Gasteiger partial charge in [-0.2, -0.15) is 0 Å². The van der Waals surface area contributed by atoms with E-state index in [1.807, 2.05) is 20.8 Å². The molecule has 3 nitrogen and oxygen atoms in total. The predicted octanol–water partition coefficient (Wildman–Crippen LogP) is 3.17. The fraction of sp³-hybridized carbons (Fsp3) is 0.500. The highest BCUT2D eigenvalue weighted by atomic mass is 35.5. The van der Waals surface area contributed by atoms with Gasteiger partial charge in [-0.25, -0.2) is 0 Å². The van der Waals surface area contributed by atoms with Gasteiger partial charge in [0.25, 0.3) is 5.91 Å². The molecular formula is C14H20ClNO2. The molecule has 0 fully saturated rings. The van der Waals surface area contributed by atoms with Crippen LogP contribution in [-0.4, -0.2) is 35.9 Å². The second-order valence-corrected chi connectivity index (χ2v) is 5.03. The Hall–Kier alpha value is -1.22. The van der Waals surface area contributed by atoms with Crippen molar-refractivity contribution < 1.29 is 9.53 Å². The van der Waals surface area contributed by atoms with Crippen LogP contribution >= 0.6 is 11.6 Å². The molecule has 0 bridgehead atoms. The molecule has 0 N–H and O–H groups in total.